The summed E-state index contributed by atoms with van der Waals surface area (Å²) in [5.74, 6) is -0.151. The second-order valence-electron chi connectivity index (χ2n) is 6.69. The highest BCUT2D eigenvalue weighted by molar-refractivity contribution is 7.92. The molecule has 1 saturated heterocycles. The molecule has 1 unspecified atom stereocenters. The van der Waals surface area contributed by atoms with E-state index >= 15 is 0 Å². The summed E-state index contributed by atoms with van der Waals surface area (Å²) in [7, 11) is -3.84. The Kier molecular flexibility index (Phi) is 6.79. The van der Waals surface area contributed by atoms with E-state index < -0.39 is 20.0 Å². The first-order valence-electron chi connectivity index (χ1n) is 8.46. The summed E-state index contributed by atoms with van der Waals surface area (Å²) < 4.78 is 52.1. The first kappa shape index (κ1) is 21.5. The quantitative estimate of drug-likeness (QED) is 0.662. The van der Waals surface area contributed by atoms with Gasteiger partial charge in [-0.15, -0.1) is 0 Å². The van der Waals surface area contributed by atoms with E-state index in [0.717, 1.165) is 11.0 Å². The van der Waals surface area contributed by atoms with Crippen molar-refractivity contribution in [2.24, 2.45) is 5.92 Å². The van der Waals surface area contributed by atoms with Crippen molar-refractivity contribution in [3.8, 4) is 0 Å². The molecule has 0 aliphatic carbocycles. The number of sulfonamides is 2. The van der Waals surface area contributed by atoms with Crippen molar-refractivity contribution in [2.75, 3.05) is 33.7 Å². The van der Waals surface area contributed by atoms with E-state index in [1.165, 1.54) is 21.3 Å². The number of nitrogens with zero attached hydrogens (tertiary/aromatic N) is 2. The number of nitrogens with one attached hydrogen (secondary N) is 1. The average Bonchev–Trinajstić information content (AvgIpc) is 3.10. The molecule has 8 nitrogen and oxygen atoms in total. The third-order valence-corrected chi connectivity index (χ3v) is 7.34. The third kappa shape index (κ3) is 5.61. The van der Waals surface area contributed by atoms with Gasteiger partial charge in [0.05, 0.1) is 11.3 Å². The van der Waals surface area contributed by atoms with Crippen LogP contribution in [0.2, 0.25) is 0 Å². The molecule has 1 aromatic carbocycles. The van der Waals surface area contributed by atoms with E-state index in [0.29, 0.717) is 13.0 Å². The molecule has 0 bridgehead atoms. The van der Waals surface area contributed by atoms with Crippen molar-refractivity contribution < 1.29 is 21.6 Å². The highest BCUT2D eigenvalue weighted by Crippen LogP contribution is 2.24. The Labute approximate surface area is 161 Å². The van der Waals surface area contributed by atoms with Gasteiger partial charge >= 0.3 is 0 Å². The van der Waals surface area contributed by atoms with Crippen LogP contribution in [0.4, 0.5) is 0 Å². The Hall–Kier alpha value is -1.75. The molecule has 0 saturated carbocycles. The molecule has 2 rings (SSSR count). The molecular weight excluding hydrogens is 390 g/mol. The van der Waals surface area contributed by atoms with E-state index in [2.05, 4.69) is 11.3 Å². The lowest BCUT2D eigenvalue weighted by Crippen LogP contribution is -2.32. The van der Waals surface area contributed by atoms with E-state index in [1.54, 1.807) is 26.2 Å². The summed E-state index contributed by atoms with van der Waals surface area (Å²) in [5, 5.41) is 0.832. The summed E-state index contributed by atoms with van der Waals surface area (Å²) in [6.07, 6.45) is 0.789. The molecule has 27 heavy (non-hydrogen) atoms. The zero-order valence-electron chi connectivity index (χ0n) is 15.5. The van der Waals surface area contributed by atoms with Crippen molar-refractivity contribution in [1.29, 1.82) is 0 Å². The Balaban J connectivity index is 2.02. The third-order valence-electron chi connectivity index (χ3n) is 4.46. The molecule has 1 fully saturated rings. The largest absolute Gasteiger partial charge is 0.349 e. The average molecular weight is 416 g/mol. The number of rotatable bonds is 8. The lowest BCUT2D eigenvalue weighted by molar-refractivity contribution is -0.127. The summed E-state index contributed by atoms with van der Waals surface area (Å²) in [6, 6.07) is 6.28. The van der Waals surface area contributed by atoms with Crippen LogP contribution in [0.5, 0.6) is 0 Å². The molecule has 1 heterocycles. The van der Waals surface area contributed by atoms with Gasteiger partial charge in [-0.05, 0) is 30.0 Å². The lowest BCUT2D eigenvalue weighted by atomic mass is 10.1. The maximum atomic E-state index is 12.8. The minimum atomic E-state index is -3.65. The van der Waals surface area contributed by atoms with Crippen LogP contribution in [0.15, 0.2) is 41.1 Å². The normalized spacial score (nSPS) is 18.4. The van der Waals surface area contributed by atoms with Crippen LogP contribution < -0.4 is 4.72 Å². The van der Waals surface area contributed by atoms with Crippen molar-refractivity contribution in [2.45, 2.75) is 17.7 Å². The van der Waals surface area contributed by atoms with Gasteiger partial charge in [-0.2, -0.15) is 4.31 Å². The maximum absolute atomic E-state index is 12.8. The topological polar surface area (TPSA) is 104 Å². The Bertz CT molecular complexity index is 893. The van der Waals surface area contributed by atoms with Crippen molar-refractivity contribution >= 4 is 26.0 Å². The number of hydrogen-bond donors (Lipinski definition) is 1. The molecule has 0 aromatic heterocycles. The zero-order valence-corrected chi connectivity index (χ0v) is 17.1. The molecule has 0 spiro atoms. The van der Waals surface area contributed by atoms with Gasteiger partial charge in [-0.1, -0.05) is 18.7 Å². The molecule has 10 heteroatoms. The van der Waals surface area contributed by atoms with Crippen LogP contribution in [0.25, 0.3) is 0 Å². The van der Waals surface area contributed by atoms with E-state index in [4.69, 9.17) is 0 Å². The number of carbonyl (C=O) groups excluding carboxylic acids is 1. The maximum Gasteiger partial charge on any atom is 0.243 e. The first-order valence-corrected chi connectivity index (χ1v) is 11.4. The van der Waals surface area contributed by atoms with Crippen molar-refractivity contribution in [3.05, 3.63) is 41.8 Å². The van der Waals surface area contributed by atoms with E-state index in [1.807, 2.05) is 0 Å². The Morgan fingerprint density at radius 1 is 1.26 bits per heavy atom. The summed E-state index contributed by atoms with van der Waals surface area (Å²) >= 11 is 0. The molecule has 150 valence electrons. The molecule has 1 aromatic rings. The van der Waals surface area contributed by atoms with Crippen LogP contribution in [0.1, 0.15) is 12.0 Å². The van der Waals surface area contributed by atoms with Crippen LogP contribution >= 0.6 is 0 Å². The van der Waals surface area contributed by atoms with Gasteiger partial charge in [0.1, 0.15) is 0 Å². The van der Waals surface area contributed by atoms with Gasteiger partial charge in [-0.3, -0.25) is 4.79 Å². The second-order valence-corrected chi connectivity index (χ2v) is 10.3. The van der Waals surface area contributed by atoms with Gasteiger partial charge in [-0.25, -0.2) is 21.6 Å². The predicted molar refractivity (Wildman–Crippen MR) is 103 cm³/mol. The fourth-order valence-electron chi connectivity index (χ4n) is 2.74. The molecule has 1 atom stereocenters. The molecule has 0 radical (unpaired) electrons. The fourth-order valence-corrected chi connectivity index (χ4v) is 4.85. The van der Waals surface area contributed by atoms with Crippen molar-refractivity contribution in [3.63, 3.8) is 0 Å². The first-order chi connectivity index (χ1) is 12.5. The number of likely N-dealkylation sites (N-methyl/N-ethyl adjacent to an activating group) is 1. The van der Waals surface area contributed by atoms with E-state index in [-0.39, 0.29) is 36.2 Å². The minimum Gasteiger partial charge on any atom is -0.349 e. The monoisotopic (exact) mass is 415 g/mol. The molecule has 1 aliphatic heterocycles. The molecule has 1 N–H and O–H groups in total. The van der Waals surface area contributed by atoms with E-state index in [9.17, 15) is 21.6 Å². The highest BCUT2D eigenvalue weighted by Gasteiger charge is 2.32. The highest BCUT2D eigenvalue weighted by atomic mass is 32.2. The standard InChI is InChI=1S/C17H25N3O5S2/c1-4-26(22,23)18-12-15-9-10-20(13-15)27(24,25)16-7-5-14(6-8-16)11-17(21)19(2)3/h4-8,15,18H,1,9-13H2,2-3H3. The summed E-state index contributed by atoms with van der Waals surface area (Å²) in [4.78, 5) is 13.4. The zero-order chi connectivity index (χ0) is 20.2. The molecule has 1 aliphatic rings. The van der Waals surface area contributed by atoms with Crippen LogP contribution in [-0.2, 0) is 31.3 Å². The van der Waals surface area contributed by atoms with Gasteiger partial charge in [0.25, 0.3) is 0 Å². The number of carbonyl (C=O) groups is 1. The molecule has 1 amide bonds. The minimum absolute atomic E-state index is 0.0602. The number of hydrogen-bond acceptors (Lipinski definition) is 5. The lowest BCUT2D eigenvalue weighted by Gasteiger charge is -2.17. The predicted octanol–water partition coefficient (Wildman–Crippen LogP) is 0.391. The van der Waals surface area contributed by atoms with Gasteiger partial charge in [0.2, 0.25) is 26.0 Å². The van der Waals surface area contributed by atoms with Crippen molar-refractivity contribution in [1.82, 2.24) is 13.9 Å². The Morgan fingerprint density at radius 2 is 1.89 bits per heavy atom. The summed E-state index contributed by atoms with van der Waals surface area (Å²) in [5.41, 5.74) is 0.741. The van der Waals surface area contributed by atoms with Gasteiger partial charge in [0, 0.05) is 39.1 Å². The fraction of sp³-hybridized carbons (Fsp3) is 0.471. The Morgan fingerprint density at radius 3 is 2.44 bits per heavy atom. The van der Waals surface area contributed by atoms with Crippen LogP contribution in [-0.4, -0.2) is 65.7 Å². The number of benzene rings is 1. The number of amides is 1. The summed E-state index contributed by atoms with van der Waals surface area (Å²) in [6.45, 7) is 3.99. The second kappa shape index (κ2) is 8.51. The smallest absolute Gasteiger partial charge is 0.243 e. The van der Waals surface area contributed by atoms with Gasteiger partial charge < -0.3 is 4.90 Å². The van der Waals surface area contributed by atoms with Crippen LogP contribution in [0, 0.1) is 5.92 Å². The van der Waals surface area contributed by atoms with Gasteiger partial charge in [0.15, 0.2) is 0 Å². The van der Waals surface area contributed by atoms with Crippen LogP contribution in [0.3, 0.4) is 0 Å². The SMILES string of the molecule is C=CS(=O)(=O)NCC1CCN(S(=O)(=O)c2ccc(CC(=O)N(C)C)cc2)C1. The molecular formula is C17H25N3O5S2.